The minimum absolute atomic E-state index is 0.463. The van der Waals surface area contributed by atoms with E-state index in [1.54, 1.807) is 7.11 Å². The first-order chi connectivity index (χ1) is 14.2. The number of nitrogens with zero attached hydrogens (tertiary/aromatic N) is 2. The summed E-state index contributed by atoms with van der Waals surface area (Å²) >= 11 is 1.97. The molecule has 1 saturated heterocycles. The first kappa shape index (κ1) is 22.0. The fraction of sp³-hybridized carbons (Fsp3) is 0.500. The van der Waals surface area contributed by atoms with Gasteiger partial charge in [0.1, 0.15) is 5.75 Å². The van der Waals surface area contributed by atoms with Crippen LogP contribution in [0.3, 0.4) is 0 Å². The van der Waals surface area contributed by atoms with Crippen LogP contribution in [0.25, 0.3) is 0 Å². The highest BCUT2D eigenvalue weighted by atomic mass is 32.2. The Morgan fingerprint density at radius 2 is 1.76 bits per heavy atom. The van der Waals surface area contributed by atoms with Gasteiger partial charge in [-0.2, -0.15) is 0 Å². The summed E-state index contributed by atoms with van der Waals surface area (Å²) in [4.78, 5) is 6.45. The van der Waals surface area contributed by atoms with Gasteiger partial charge in [0.25, 0.3) is 0 Å². The van der Waals surface area contributed by atoms with Gasteiger partial charge in [-0.25, -0.2) is 0 Å². The molecule has 1 aliphatic heterocycles. The molecule has 0 aromatic heterocycles. The maximum absolute atomic E-state index is 10.5. The molecule has 0 spiro atoms. The normalized spacial score (nSPS) is 16.0. The first-order valence-electron chi connectivity index (χ1n) is 10.7. The van der Waals surface area contributed by atoms with Gasteiger partial charge in [0.2, 0.25) is 0 Å². The lowest BCUT2D eigenvalue weighted by molar-refractivity contribution is 0.150. The van der Waals surface area contributed by atoms with E-state index in [1.807, 2.05) is 36.0 Å². The number of hydrogen-bond donors (Lipinski definition) is 1. The minimum Gasteiger partial charge on any atom is -0.496 e. The number of para-hydroxylation sites is 2. The molecule has 1 heterocycles. The van der Waals surface area contributed by atoms with E-state index in [2.05, 4.69) is 41.0 Å². The highest BCUT2D eigenvalue weighted by Gasteiger charge is 2.20. The van der Waals surface area contributed by atoms with Crippen molar-refractivity contribution in [3.63, 3.8) is 0 Å². The molecule has 4 nitrogen and oxygen atoms in total. The SMILES string of the molecule is CCCSc1ccccc1N1CCN(CCC[C@H](O)c2ccccc2OC)CC1. The van der Waals surface area contributed by atoms with E-state index in [9.17, 15) is 5.11 Å². The number of ether oxygens (including phenoxy) is 1. The molecule has 2 aromatic carbocycles. The summed E-state index contributed by atoms with van der Waals surface area (Å²) < 4.78 is 5.37. The third-order valence-corrected chi connectivity index (χ3v) is 6.76. The molecule has 1 aliphatic rings. The molecular weight excluding hydrogens is 380 g/mol. The number of aliphatic hydroxyl groups is 1. The Kier molecular flexibility index (Phi) is 8.71. The summed E-state index contributed by atoms with van der Waals surface area (Å²) in [6.45, 7) is 7.57. The maximum Gasteiger partial charge on any atom is 0.124 e. The molecule has 5 heteroatoms. The van der Waals surface area contributed by atoms with Gasteiger partial charge in [0, 0.05) is 36.6 Å². The minimum atomic E-state index is -0.463. The Bertz CT molecular complexity index is 747. The predicted molar refractivity (Wildman–Crippen MR) is 123 cm³/mol. The quantitative estimate of drug-likeness (QED) is 0.563. The molecular formula is C24H34N2O2S. The second-order valence-electron chi connectivity index (χ2n) is 7.54. The van der Waals surface area contributed by atoms with Gasteiger partial charge in [0.05, 0.1) is 18.9 Å². The summed E-state index contributed by atoms with van der Waals surface area (Å²) in [6.07, 6.45) is 2.49. The number of thioether (sulfide) groups is 1. The zero-order valence-electron chi connectivity index (χ0n) is 17.7. The van der Waals surface area contributed by atoms with Gasteiger partial charge in [0.15, 0.2) is 0 Å². The van der Waals surface area contributed by atoms with Crippen LogP contribution in [0.4, 0.5) is 5.69 Å². The molecule has 2 aromatic rings. The number of aliphatic hydroxyl groups excluding tert-OH is 1. The van der Waals surface area contributed by atoms with Gasteiger partial charge >= 0.3 is 0 Å². The number of hydrogen-bond acceptors (Lipinski definition) is 5. The van der Waals surface area contributed by atoms with E-state index < -0.39 is 6.10 Å². The lowest BCUT2D eigenvalue weighted by atomic mass is 10.0. The third-order valence-electron chi connectivity index (χ3n) is 5.49. The van der Waals surface area contributed by atoms with Crippen molar-refractivity contribution in [2.45, 2.75) is 37.2 Å². The molecule has 1 N–H and O–H groups in total. The highest BCUT2D eigenvalue weighted by Crippen LogP contribution is 2.31. The Morgan fingerprint density at radius 1 is 1.03 bits per heavy atom. The summed E-state index contributed by atoms with van der Waals surface area (Å²) in [5, 5.41) is 10.5. The van der Waals surface area contributed by atoms with Crippen LogP contribution in [-0.2, 0) is 0 Å². The molecule has 3 rings (SSSR count). The highest BCUT2D eigenvalue weighted by molar-refractivity contribution is 7.99. The predicted octanol–water partition coefficient (Wildman–Crippen LogP) is 4.83. The maximum atomic E-state index is 10.5. The number of methoxy groups -OCH3 is 1. The Balaban J connectivity index is 1.45. The second kappa shape index (κ2) is 11.5. The van der Waals surface area contributed by atoms with Crippen LogP contribution < -0.4 is 9.64 Å². The van der Waals surface area contributed by atoms with E-state index in [-0.39, 0.29) is 0 Å². The number of rotatable bonds is 10. The van der Waals surface area contributed by atoms with E-state index in [0.717, 1.165) is 56.9 Å². The zero-order chi connectivity index (χ0) is 20.5. The van der Waals surface area contributed by atoms with Gasteiger partial charge in [-0.15, -0.1) is 11.8 Å². The van der Waals surface area contributed by atoms with E-state index in [0.29, 0.717) is 0 Å². The van der Waals surface area contributed by atoms with Gasteiger partial charge in [-0.05, 0) is 49.8 Å². The molecule has 158 valence electrons. The molecule has 0 amide bonds. The Labute approximate surface area is 179 Å². The van der Waals surface area contributed by atoms with E-state index >= 15 is 0 Å². The molecule has 0 bridgehead atoms. The molecule has 1 fully saturated rings. The van der Waals surface area contributed by atoms with Gasteiger partial charge in [-0.1, -0.05) is 37.3 Å². The van der Waals surface area contributed by atoms with Crippen molar-refractivity contribution in [1.29, 1.82) is 0 Å². The van der Waals surface area contributed by atoms with Crippen LogP contribution in [0.15, 0.2) is 53.4 Å². The molecule has 1 atom stereocenters. The molecule has 0 saturated carbocycles. The van der Waals surface area contributed by atoms with Crippen molar-refractivity contribution in [2.24, 2.45) is 0 Å². The summed E-state index contributed by atoms with van der Waals surface area (Å²) in [6, 6.07) is 16.6. The van der Waals surface area contributed by atoms with Gasteiger partial charge in [-0.3, -0.25) is 4.90 Å². The third kappa shape index (κ3) is 6.14. The van der Waals surface area contributed by atoms with Crippen LogP contribution in [0.5, 0.6) is 5.75 Å². The average Bonchev–Trinajstić information content (AvgIpc) is 2.78. The number of benzene rings is 2. The standard InChI is InChI=1S/C24H34N2O2S/c1-3-19-29-24-13-7-5-10-21(24)26-17-15-25(16-18-26)14-8-11-22(27)20-9-4-6-12-23(20)28-2/h4-7,9-10,12-13,22,27H,3,8,11,14-19H2,1-2H3/t22-/m0/s1. The van der Waals surface area contributed by atoms with E-state index in [1.165, 1.54) is 22.8 Å². The monoisotopic (exact) mass is 414 g/mol. The lowest BCUT2D eigenvalue weighted by Crippen LogP contribution is -2.46. The van der Waals surface area contributed by atoms with Crippen molar-refractivity contribution < 1.29 is 9.84 Å². The van der Waals surface area contributed by atoms with Gasteiger partial charge < -0.3 is 14.7 Å². The fourth-order valence-electron chi connectivity index (χ4n) is 3.87. The average molecular weight is 415 g/mol. The molecule has 0 unspecified atom stereocenters. The summed E-state index contributed by atoms with van der Waals surface area (Å²) in [5.41, 5.74) is 2.28. The number of anilines is 1. The Hall–Kier alpha value is -1.69. The van der Waals surface area contributed by atoms with Crippen LogP contribution in [0.2, 0.25) is 0 Å². The van der Waals surface area contributed by atoms with Crippen LogP contribution in [0, 0.1) is 0 Å². The fourth-order valence-corrected chi connectivity index (χ4v) is 4.81. The molecule has 29 heavy (non-hydrogen) atoms. The Morgan fingerprint density at radius 3 is 2.52 bits per heavy atom. The van der Waals surface area contributed by atoms with Crippen LogP contribution in [-0.4, -0.2) is 55.6 Å². The number of piperazine rings is 1. The second-order valence-corrected chi connectivity index (χ2v) is 8.68. The first-order valence-corrected chi connectivity index (χ1v) is 11.7. The van der Waals surface area contributed by atoms with Crippen molar-refractivity contribution in [3.8, 4) is 5.75 Å². The lowest BCUT2D eigenvalue weighted by Gasteiger charge is -2.37. The van der Waals surface area contributed by atoms with Crippen molar-refractivity contribution in [3.05, 3.63) is 54.1 Å². The summed E-state index contributed by atoms with van der Waals surface area (Å²) in [5.74, 6) is 1.94. The van der Waals surface area contributed by atoms with E-state index in [4.69, 9.17) is 4.74 Å². The summed E-state index contributed by atoms with van der Waals surface area (Å²) in [7, 11) is 1.66. The molecule has 0 aliphatic carbocycles. The van der Waals surface area contributed by atoms with Crippen molar-refractivity contribution >= 4 is 17.4 Å². The van der Waals surface area contributed by atoms with Crippen molar-refractivity contribution in [1.82, 2.24) is 4.90 Å². The largest absolute Gasteiger partial charge is 0.496 e. The van der Waals surface area contributed by atoms with Crippen molar-refractivity contribution in [2.75, 3.05) is 50.5 Å². The topological polar surface area (TPSA) is 35.9 Å². The smallest absolute Gasteiger partial charge is 0.124 e. The van der Waals surface area contributed by atoms with Crippen LogP contribution >= 0.6 is 11.8 Å². The molecule has 0 radical (unpaired) electrons. The van der Waals surface area contributed by atoms with Crippen LogP contribution in [0.1, 0.15) is 37.9 Å². The zero-order valence-corrected chi connectivity index (χ0v) is 18.5.